The fraction of sp³-hybridized carbons (Fsp3) is 0.333. The van der Waals surface area contributed by atoms with Crippen LogP contribution in [0.2, 0.25) is 0 Å². The molecule has 0 bridgehead atoms. The van der Waals surface area contributed by atoms with E-state index in [1.54, 1.807) is 24.9 Å². The van der Waals surface area contributed by atoms with Crippen molar-refractivity contribution in [1.82, 2.24) is 10.1 Å². The Morgan fingerprint density at radius 1 is 1.26 bits per heavy atom. The number of nitrogens with zero attached hydrogens (tertiary/aromatic N) is 2. The summed E-state index contributed by atoms with van der Waals surface area (Å²) < 4.78 is 4.94. The van der Waals surface area contributed by atoms with Gasteiger partial charge in [-0.3, -0.25) is 4.79 Å². The number of rotatable bonds is 3. The second-order valence-electron chi connectivity index (χ2n) is 4.83. The number of hydrogen-bond acceptors (Lipinski definition) is 3. The minimum absolute atomic E-state index is 0.00916. The molecular formula is C15H18N2O2. The molecule has 1 aromatic heterocycles. The maximum absolute atomic E-state index is 12.2. The normalized spacial score (nSPS) is 12.2. The van der Waals surface area contributed by atoms with Crippen molar-refractivity contribution in [3.8, 4) is 0 Å². The van der Waals surface area contributed by atoms with E-state index in [0.29, 0.717) is 11.5 Å². The van der Waals surface area contributed by atoms with Crippen LogP contribution in [-0.4, -0.2) is 23.0 Å². The van der Waals surface area contributed by atoms with Crippen molar-refractivity contribution in [1.29, 1.82) is 0 Å². The van der Waals surface area contributed by atoms with Gasteiger partial charge in [-0.05, 0) is 26.3 Å². The molecule has 0 radical (unpaired) electrons. The summed E-state index contributed by atoms with van der Waals surface area (Å²) in [7, 11) is 1.77. The molecule has 1 amide bonds. The smallest absolute Gasteiger partial charge is 0.276 e. The molecular weight excluding hydrogens is 240 g/mol. The van der Waals surface area contributed by atoms with Crippen LogP contribution in [-0.2, 0) is 0 Å². The van der Waals surface area contributed by atoms with Gasteiger partial charge in [-0.15, -0.1) is 0 Å². The molecule has 100 valence electrons. The Morgan fingerprint density at radius 2 is 1.89 bits per heavy atom. The van der Waals surface area contributed by atoms with Crippen molar-refractivity contribution < 1.29 is 9.32 Å². The predicted molar refractivity (Wildman–Crippen MR) is 72.9 cm³/mol. The second-order valence-corrected chi connectivity index (χ2v) is 4.83. The molecule has 1 heterocycles. The van der Waals surface area contributed by atoms with Crippen LogP contribution in [0.3, 0.4) is 0 Å². The Morgan fingerprint density at radius 3 is 2.42 bits per heavy atom. The molecule has 0 aliphatic heterocycles. The fourth-order valence-corrected chi connectivity index (χ4v) is 1.89. The van der Waals surface area contributed by atoms with Crippen LogP contribution in [0, 0.1) is 13.8 Å². The number of hydrogen-bond donors (Lipinski definition) is 0. The van der Waals surface area contributed by atoms with Gasteiger partial charge in [0.25, 0.3) is 5.91 Å². The first-order valence-corrected chi connectivity index (χ1v) is 6.26. The van der Waals surface area contributed by atoms with Gasteiger partial charge in [0.15, 0.2) is 5.69 Å². The maximum Gasteiger partial charge on any atom is 0.276 e. The summed E-state index contributed by atoms with van der Waals surface area (Å²) in [6, 6.07) is 9.82. The summed E-state index contributed by atoms with van der Waals surface area (Å²) >= 11 is 0. The molecule has 0 N–H and O–H groups in total. The van der Waals surface area contributed by atoms with E-state index in [2.05, 4.69) is 5.16 Å². The number of benzene rings is 1. The minimum Gasteiger partial charge on any atom is -0.361 e. The standard InChI is InChI=1S/C15H18N2O2/c1-10-5-7-13(8-6-10)12(3)17(4)15(18)14-9-11(2)19-16-14/h5-9,12H,1-4H3. The molecule has 4 nitrogen and oxygen atoms in total. The zero-order valence-corrected chi connectivity index (χ0v) is 11.7. The number of amides is 1. The highest BCUT2D eigenvalue weighted by Gasteiger charge is 2.21. The minimum atomic E-state index is -0.134. The Bertz CT molecular complexity index is 572. The molecule has 19 heavy (non-hydrogen) atoms. The van der Waals surface area contributed by atoms with E-state index < -0.39 is 0 Å². The molecule has 2 rings (SSSR count). The van der Waals surface area contributed by atoms with E-state index in [0.717, 1.165) is 5.56 Å². The van der Waals surface area contributed by atoms with Gasteiger partial charge >= 0.3 is 0 Å². The topological polar surface area (TPSA) is 46.3 Å². The van der Waals surface area contributed by atoms with E-state index >= 15 is 0 Å². The summed E-state index contributed by atoms with van der Waals surface area (Å²) in [6.45, 7) is 5.81. The van der Waals surface area contributed by atoms with E-state index in [1.807, 2.05) is 38.1 Å². The highest BCUT2D eigenvalue weighted by atomic mass is 16.5. The molecule has 1 atom stereocenters. The van der Waals surface area contributed by atoms with Crippen LogP contribution in [0.4, 0.5) is 0 Å². The third-order valence-corrected chi connectivity index (χ3v) is 3.31. The maximum atomic E-state index is 12.2. The van der Waals surface area contributed by atoms with Crippen molar-refractivity contribution in [2.45, 2.75) is 26.8 Å². The molecule has 2 aromatic rings. The molecule has 0 saturated carbocycles. The molecule has 0 spiro atoms. The van der Waals surface area contributed by atoms with Crippen molar-refractivity contribution in [3.63, 3.8) is 0 Å². The van der Waals surface area contributed by atoms with Gasteiger partial charge in [-0.25, -0.2) is 0 Å². The van der Waals surface area contributed by atoms with E-state index in [-0.39, 0.29) is 11.9 Å². The van der Waals surface area contributed by atoms with Gasteiger partial charge in [0.1, 0.15) is 5.76 Å². The van der Waals surface area contributed by atoms with E-state index in [1.165, 1.54) is 5.56 Å². The van der Waals surface area contributed by atoms with Crippen LogP contribution in [0.15, 0.2) is 34.9 Å². The largest absolute Gasteiger partial charge is 0.361 e. The van der Waals surface area contributed by atoms with Gasteiger partial charge in [-0.1, -0.05) is 35.0 Å². The first-order chi connectivity index (χ1) is 8.99. The summed E-state index contributed by atoms with van der Waals surface area (Å²) in [5.74, 6) is 0.504. The zero-order chi connectivity index (χ0) is 14.0. The summed E-state index contributed by atoms with van der Waals surface area (Å²) in [5, 5.41) is 3.76. The van der Waals surface area contributed by atoms with Gasteiger partial charge in [0.05, 0.1) is 6.04 Å². The summed E-state index contributed by atoms with van der Waals surface area (Å²) in [6.07, 6.45) is 0. The molecule has 0 aliphatic rings. The number of carbonyl (C=O) groups is 1. The van der Waals surface area contributed by atoms with E-state index in [9.17, 15) is 4.79 Å². The molecule has 1 aromatic carbocycles. The SMILES string of the molecule is Cc1ccc(C(C)N(C)C(=O)c2cc(C)on2)cc1. The Hall–Kier alpha value is -2.10. The number of aromatic nitrogens is 1. The summed E-state index contributed by atoms with van der Waals surface area (Å²) in [5.41, 5.74) is 2.65. The second kappa shape index (κ2) is 5.26. The van der Waals surface area contributed by atoms with Gasteiger partial charge < -0.3 is 9.42 Å². The van der Waals surface area contributed by atoms with Gasteiger partial charge in [0.2, 0.25) is 0 Å². The lowest BCUT2D eigenvalue weighted by atomic mass is 10.1. The third kappa shape index (κ3) is 2.84. The molecule has 0 fully saturated rings. The van der Waals surface area contributed by atoms with Crippen LogP contribution >= 0.6 is 0 Å². The van der Waals surface area contributed by atoms with Gasteiger partial charge in [0, 0.05) is 13.1 Å². The van der Waals surface area contributed by atoms with Crippen molar-refractivity contribution in [2.24, 2.45) is 0 Å². The van der Waals surface area contributed by atoms with Crippen LogP contribution in [0.1, 0.15) is 40.3 Å². The highest BCUT2D eigenvalue weighted by Crippen LogP contribution is 2.21. The van der Waals surface area contributed by atoms with Crippen molar-refractivity contribution in [3.05, 3.63) is 52.9 Å². The predicted octanol–water partition coefficient (Wildman–Crippen LogP) is 3.12. The Balaban J connectivity index is 2.16. The lowest BCUT2D eigenvalue weighted by Crippen LogP contribution is -2.29. The first-order valence-electron chi connectivity index (χ1n) is 6.26. The van der Waals surface area contributed by atoms with Gasteiger partial charge in [-0.2, -0.15) is 0 Å². The molecule has 4 heteroatoms. The van der Waals surface area contributed by atoms with Crippen molar-refractivity contribution >= 4 is 5.91 Å². The molecule has 0 saturated heterocycles. The lowest BCUT2D eigenvalue weighted by molar-refractivity contribution is 0.0732. The Kier molecular flexibility index (Phi) is 3.69. The highest BCUT2D eigenvalue weighted by molar-refractivity contribution is 5.92. The fourth-order valence-electron chi connectivity index (χ4n) is 1.89. The first kappa shape index (κ1) is 13.3. The number of aryl methyl sites for hydroxylation is 2. The van der Waals surface area contributed by atoms with Crippen LogP contribution in [0.25, 0.3) is 0 Å². The molecule has 1 unspecified atom stereocenters. The average molecular weight is 258 g/mol. The summed E-state index contributed by atoms with van der Waals surface area (Å²) in [4.78, 5) is 13.9. The van der Waals surface area contributed by atoms with Crippen LogP contribution in [0.5, 0.6) is 0 Å². The lowest BCUT2D eigenvalue weighted by Gasteiger charge is -2.24. The number of carbonyl (C=O) groups excluding carboxylic acids is 1. The third-order valence-electron chi connectivity index (χ3n) is 3.31. The zero-order valence-electron chi connectivity index (χ0n) is 11.7. The quantitative estimate of drug-likeness (QED) is 0.849. The monoisotopic (exact) mass is 258 g/mol. The van der Waals surface area contributed by atoms with Crippen LogP contribution < -0.4 is 0 Å². The molecule has 0 aliphatic carbocycles. The van der Waals surface area contributed by atoms with Crippen molar-refractivity contribution in [2.75, 3.05) is 7.05 Å². The average Bonchev–Trinajstić information content (AvgIpc) is 2.84. The van der Waals surface area contributed by atoms with E-state index in [4.69, 9.17) is 4.52 Å². The Labute approximate surface area is 113 Å².